The van der Waals surface area contributed by atoms with Crippen molar-refractivity contribution in [2.45, 2.75) is 88.0 Å². The lowest BCUT2D eigenvalue weighted by Crippen LogP contribution is -2.43. The highest BCUT2D eigenvalue weighted by Crippen LogP contribution is 2.36. The molecule has 6 nitrogen and oxygen atoms in total. The van der Waals surface area contributed by atoms with E-state index in [0.29, 0.717) is 50.4 Å². The van der Waals surface area contributed by atoms with Gasteiger partial charge in [-0.3, -0.25) is 4.79 Å². The number of likely N-dealkylation sites (N-methyl/N-ethyl adjacent to an activating group) is 1. The molecule has 0 aromatic carbocycles. The summed E-state index contributed by atoms with van der Waals surface area (Å²) in [6, 6.07) is 0.0513. The fraction of sp³-hybridized carbons (Fsp3) is 0.731. The number of amides is 1. The number of halogens is 3. The van der Waals surface area contributed by atoms with Crippen molar-refractivity contribution in [1.29, 1.82) is 0 Å². The van der Waals surface area contributed by atoms with Gasteiger partial charge in [0.25, 0.3) is 6.43 Å². The molecule has 36 heavy (non-hydrogen) atoms. The van der Waals surface area contributed by atoms with E-state index in [1.807, 2.05) is 30.3 Å². The molecular formula is C26H39F3N4O2S. The van der Waals surface area contributed by atoms with Crippen LogP contribution < -0.4 is 10.6 Å². The smallest absolute Gasteiger partial charge is 0.261 e. The second-order valence-electron chi connectivity index (χ2n) is 10.4. The van der Waals surface area contributed by atoms with E-state index in [-0.39, 0.29) is 11.9 Å². The molecule has 2 N–H and O–H groups in total. The molecule has 0 bridgehead atoms. The van der Waals surface area contributed by atoms with Gasteiger partial charge in [-0.1, -0.05) is 6.08 Å². The van der Waals surface area contributed by atoms with Gasteiger partial charge in [0.05, 0.1) is 11.8 Å². The zero-order valence-corrected chi connectivity index (χ0v) is 22.1. The molecule has 1 amide bonds. The number of ether oxygens (including phenoxy) is 1. The molecule has 202 valence electrons. The molecule has 3 aliphatic heterocycles. The fourth-order valence-electron chi connectivity index (χ4n) is 5.51. The van der Waals surface area contributed by atoms with Crippen molar-refractivity contribution in [1.82, 2.24) is 20.4 Å². The largest absolute Gasteiger partial charge is 0.378 e. The SMILES string of the molecule is C[C@@H]1NC=C(CC(=O)NC2CCC(F)(CCN3CCC4=C(CC3)N(C)C(OCC(F)F)C=C4)CC2)S1. The second-order valence-corrected chi connectivity index (χ2v) is 11.8. The van der Waals surface area contributed by atoms with E-state index in [4.69, 9.17) is 4.74 Å². The van der Waals surface area contributed by atoms with Crippen LogP contribution in [-0.2, 0) is 9.53 Å². The summed E-state index contributed by atoms with van der Waals surface area (Å²) in [5.74, 6) is 0.0166. The lowest BCUT2D eigenvalue weighted by Gasteiger charge is -2.36. The Labute approximate surface area is 216 Å². The minimum absolute atomic E-state index is 0.0166. The van der Waals surface area contributed by atoms with Crippen LogP contribution in [0.3, 0.4) is 0 Å². The van der Waals surface area contributed by atoms with E-state index in [2.05, 4.69) is 22.5 Å². The number of allylic oxidation sites excluding steroid dienone is 1. The Hall–Kier alpha value is -1.65. The number of carbonyl (C=O) groups is 1. The van der Waals surface area contributed by atoms with E-state index in [0.717, 1.165) is 36.5 Å². The Kier molecular flexibility index (Phi) is 9.33. The molecule has 4 aliphatic rings. The maximum atomic E-state index is 15.6. The lowest BCUT2D eigenvalue weighted by atomic mass is 9.81. The van der Waals surface area contributed by atoms with Crippen LogP contribution in [0.2, 0.25) is 0 Å². The van der Waals surface area contributed by atoms with Crippen molar-refractivity contribution >= 4 is 17.7 Å². The van der Waals surface area contributed by atoms with Crippen LogP contribution in [0.5, 0.6) is 0 Å². The quantitative estimate of drug-likeness (QED) is 0.459. The standard InChI is InChI=1S/C26H39F3N4O2S/c1-18-30-16-21(36-18)15-24(34)31-20-5-9-26(29,10-6-20)11-14-33-12-7-19-3-4-25(35-17-23(27)28)32(2)22(19)8-13-33/h3-4,16,18,20,23,25,30H,5-15,17H2,1-2H3,(H,31,34)/t18-,20?,25?,26?/m1/s1. The normalized spacial score (nSPS) is 31.2. The minimum Gasteiger partial charge on any atom is -0.378 e. The zero-order valence-electron chi connectivity index (χ0n) is 21.3. The first kappa shape index (κ1) is 27.4. The van der Waals surface area contributed by atoms with Crippen molar-refractivity contribution < 1.29 is 22.7 Å². The number of hydrogen-bond acceptors (Lipinski definition) is 6. The highest BCUT2D eigenvalue weighted by molar-refractivity contribution is 8.03. The molecule has 0 aromatic rings. The zero-order chi connectivity index (χ0) is 25.7. The van der Waals surface area contributed by atoms with E-state index in [9.17, 15) is 13.6 Å². The molecular weight excluding hydrogens is 489 g/mol. The maximum Gasteiger partial charge on any atom is 0.261 e. The van der Waals surface area contributed by atoms with Crippen LogP contribution in [-0.4, -0.2) is 78.7 Å². The Morgan fingerprint density at radius 3 is 2.75 bits per heavy atom. The Bertz CT molecular complexity index is 873. The average molecular weight is 529 g/mol. The number of nitrogens with zero attached hydrogens (tertiary/aromatic N) is 2. The van der Waals surface area contributed by atoms with Crippen molar-refractivity contribution in [3.05, 3.63) is 34.5 Å². The van der Waals surface area contributed by atoms with Crippen LogP contribution in [0.25, 0.3) is 0 Å². The third-order valence-corrected chi connectivity index (χ3v) is 8.71. The molecule has 3 heterocycles. The molecule has 4 rings (SSSR count). The molecule has 10 heteroatoms. The minimum atomic E-state index is -2.48. The van der Waals surface area contributed by atoms with Gasteiger partial charge in [-0.15, -0.1) is 11.8 Å². The van der Waals surface area contributed by atoms with Gasteiger partial charge in [0.2, 0.25) is 5.91 Å². The Morgan fingerprint density at radius 1 is 1.31 bits per heavy atom. The lowest BCUT2D eigenvalue weighted by molar-refractivity contribution is -0.121. The third kappa shape index (κ3) is 7.44. The summed E-state index contributed by atoms with van der Waals surface area (Å²) < 4.78 is 46.1. The molecule has 1 aliphatic carbocycles. The maximum absolute atomic E-state index is 15.6. The average Bonchev–Trinajstić information content (AvgIpc) is 3.12. The first-order chi connectivity index (χ1) is 17.2. The van der Waals surface area contributed by atoms with Gasteiger partial charge in [0.15, 0.2) is 0 Å². The van der Waals surface area contributed by atoms with E-state index < -0.39 is 24.9 Å². The molecule has 1 saturated carbocycles. The highest BCUT2D eigenvalue weighted by atomic mass is 32.2. The molecule has 2 atom stereocenters. The summed E-state index contributed by atoms with van der Waals surface area (Å²) in [5.41, 5.74) is 1.15. The summed E-state index contributed by atoms with van der Waals surface area (Å²) >= 11 is 1.67. The van der Waals surface area contributed by atoms with Crippen molar-refractivity contribution in [3.63, 3.8) is 0 Å². The predicted molar refractivity (Wildman–Crippen MR) is 137 cm³/mol. The van der Waals surface area contributed by atoms with Crippen molar-refractivity contribution in [3.8, 4) is 0 Å². The summed E-state index contributed by atoms with van der Waals surface area (Å²) in [6.07, 6.45) is 7.63. The molecule has 0 aromatic heterocycles. The van der Waals surface area contributed by atoms with Gasteiger partial charge < -0.3 is 25.2 Å². The number of hydrogen-bond donors (Lipinski definition) is 2. The Morgan fingerprint density at radius 2 is 2.06 bits per heavy atom. The number of rotatable bonds is 9. The van der Waals surface area contributed by atoms with Gasteiger partial charge in [-0.2, -0.15) is 0 Å². The van der Waals surface area contributed by atoms with E-state index >= 15 is 4.39 Å². The molecule has 0 saturated heterocycles. The van der Waals surface area contributed by atoms with E-state index in [1.165, 1.54) is 5.57 Å². The highest BCUT2D eigenvalue weighted by Gasteiger charge is 2.36. The van der Waals surface area contributed by atoms with Gasteiger partial charge in [-0.25, -0.2) is 13.2 Å². The summed E-state index contributed by atoms with van der Waals surface area (Å²) in [6.45, 7) is 3.85. The summed E-state index contributed by atoms with van der Waals surface area (Å²) in [4.78, 5) is 17.7. The van der Waals surface area contributed by atoms with Gasteiger partial charge in [-0.05, 0) is 57.1 Å². The molecule has 1 unspecified atom stereocenters. The monoisotopic (exact) mass is 528 g/mol. The first-order valence-electron chi connectivity index (χ1n) is 13.1. The topological polar surface area (TPSA) is 56.8 Å². The third-order valence-electron chi connectivity index (χ3n) is 7.66. The van der Waals surface area contributed by atoms with Crippen LogP contribution in [0.1, 0.15) is 58.3 Å². The summed E-state index contributed by atoms with van der Waals surface area (Å²) in [7, 11) is 1.89. The van der Waals surface area contributed by atoms with Crippen LogP contribution in [0, 0.1) is 0 Å². The number of alkyl halides is 3. The van der Waals surface area contributed by atoms with Gasteiger partial charge >= 0.3 is 0 Å². The second kappa shape index (κ2) is 12.3. The van der Waals surface area contributed by atoms with Crippen LogP contribution >= 0.6 is 11.8 Å². The van der Waals surface area contributed by atoms with Gasteiger partial charge in [0, 0.05) is 55.9 Å². The first-order valence-corrected chi connectivity index (χ1v) is 13.9. The predicted octanol–water partition coefficient (Wildman–Crippen LogP) is 4.52. The fourth-order valence-corrected chi connectivity index (χ4v) is 6.45. The molecule has 0 spiro atoms. The summed E-state index contributed by atoms with van der Waals surface area (Å²) in [5, 5.41) is 6.59. The number of thioether (sulfide) groups is 1. The molecule has 1 fully saturated rings. The van der Waals surface area contributed by atoms with Crippen molar-refractivity contribution in [2.75, 3.05) is 33.3 Å². The van der Waals surface area contributed by atoms with E-state index in [1.54, 1.807) is 11.8 Å². The Balaban J connectivity index is 1.17. The van der Waals surface area contributed by atoms with Crippen LogP contribution in [0.15, 0.2) is 34.5 Å². The molecule has 0 radical (unpaired) electrons. The van der Waals surface area contributed by atoms with Gasteiger partial charge in [0.1, 0.15) is 18.5 Å². The van der Waals surface area contributed by atoms with Crippen molar-refractivity contribution in [2.24, 2.45) is 0 Å². The van der Waals surface area contributed by atoms with Crippen LogP contribution in [0.4, 0.5) is 13.2 Å². The number of nitrogens with one attached hydrogen (secondary N) is 2. The number of carbonyl (C=O) groups excluding carboxylic acids is 1.